The van der Waals surface area contributed by atoms with Crippen molar-refractivity contribution < 1.29 is 14.3 Å². The Morgan fingerprint density at radius 1 is 1.50 bits per heavy atom. The molecule has 16 heavy (non-hydrogen) atoms. The number of ether oxygens (including phenoxy) is 1. The van der Waals surface area contributed by atoms with Crippen molar-refractivity contribution in [1.29, 1.82) is 0 Å². The Hall–Kier alpha value is -2.18. The van der Waals surface area contributed by atoms with Gasteiger partial charge in [-0.15, -0.1) is 0 Å². The fourth-order valence-electron chi connectivity index (χ4n) is 0.939. The van der Waals surface area contributed by atoms with Crippen LogP contribution < -0.4 is 10.9 Å². The van der Waals surface area contributed by atoms with Crippen LogP contribution in [0.2, 0.25) is 0 Å². The lowest BCUT2D eigenvalue weighted by Crippen LogP contribution is -2.32. The molecule has 0 aliphatic heterocycles. The number of hydrogen-bond donors (Lipinski definition) is 1. The molecule has 0 aliphatic rings. The second-order valence-corrected chi connectivity index (χ2v) is 2.94. The minimum Gasteiger partial charge on any atom is -0.468 e. The van der Waals surface area contributed by atoms with Crippen molar-refractivity contribution in [2.24, 2.45) is 7.05 Å². The zero-order chi connectivity index (χ0) is 12.1. The molecule has 0 bridgehead atoms. The predicted octanol–water partition coefficient (Wildman–Crippen LogP) is -1.32. The zero-order valence-electron chi connectivity index (χ0n) is 8.89. The van der Waals surface area contributed by atoms with Gasteiger partial charge >= 0.3 is 5.97 Å². The monoisotopic (exact) mass is 225 g/mol. The Bertz CT molecular complexity index is 466. The highest BCUT2D eigenvalue weighted by molar-refractivity contribution is 5.93. The topological polar surface area (TPSA) is 90.3 Å². The number of esters is 1. The Balaban J connectivity index is 2.70. The first-order valence-electron chi connectivity index (χ1n) is 4.44. The lowest BCUT2D eigenvalue weighted by Gasteiger charge is -2.03. The quantitative estimate of drug-likeness (QED) is 0.644. The summed E-state index contributed by atoms with van der Waals surface area (Å²) >= 11 is 0. The minimum absolute atomic E-state index is 0.0611. The zero-order valence-corrected chi connectivity index (χ0v) is 8.89. The number of aromatic nitrogens is 2. The molecule has 1 rings (SSSR count). The Kier molecular flexibility index (Phi) is 3.76. The number of amides is 1. The van der Waals surface area contributed by atoms with Crippen LogP contribution in [0.3, 0.4) is 0 Å². The van der Waals surface area contributed by atoms with E-state index in [4.69, 9.17) is 0 Å². The van der Waals surface area contributed by atoms with Crippen molar-refractivity contribution in [3.8, 4) is 0 Å². The largest absolute Gasteiger partial charge is 0.468 e. The van der Waals surface area contributed by atoms with Crippen LogP contribution in [-0.4, -0.2) is 35.3 Å². The first-order chi connectivity index (χ1) is 7.54. The van der Waals surface area contributed by atoms with E-state index in [2.05, 4.69) is 15.2 Å². The van der Waals surface area contributed by atoms with E-state index in [0.29, 0.717) is 0 Å². The van der Waals surface area contributed by atoms with Gasteiger partial charge in [-0.3, -0.25) is 14.4 Å². The van der Waals surface area contributed by atoms with Crippen LogP contribution in [0, 0.1) is 0 Å². The number of nitrogens with zero attached hydrogens (tertiary/aromatic N) is 2. The molecule has 7 heteroatoms. The summed E-state index contributed by atoms with van der Waals surface area (Å²) < 4.78 is 5.38. The van der Waals surface area contributed by atoms with Crippen LogP contribution in [0.25, 0.3) is 0 Å². The average Bonchev–Trinajstić information content (AvgIpc) is 2.29. The Morgan fingerprint density at radius 3 is 2.75 bits per heavy atom. The highest BCUT2D eigenvalue weighted by Gasteiger charge is 2.09. The summed E-state index contributed by atoms with van der Waals surface area (Å²) in [5.74, 6) is -1.10. The number of nitrogens with one attached hydrogen (secondary N) is 1. The molecule has 86 valence electrons. The number of methoxy groups -OCH3 is 1. The highest BCUT2D eigenvalue weighted by atomic mass is 16.5. The van der Waals surface area contributed by atoms with Gasteiger partial charge in [0.15, 0.2) is 0 Å². The molecule has 1 N–H and O–H groups in total. The number of aryl methyl sites for hydroxylation is 1. The van der Waals surface area contributed by atoms with Crippen LogP contribution in [0.5, 0.6) is 0 Å². The molecule has 0 fully saturated rings. The van der Waals surface area contributed by atoms with Crippen molar-refractivity contribution in [2.75, 3.05) is 13.7 Å². The molecule has 0 saturated heterocycles. The molecule has 1 heterocycles. The molecule has 0 unspecified atom stereocenters. The summed E-state index contributed by atoms with van der Waals surface area (Å²) in [6.45, 7) is -0.236. The molecule has 1 amide bonds. The molecule has 1 aromatic rings. The maximum absolute atomic E-state index is 11.4. The molecular formula is C9H11N3O4. The third-order valence-electron chi connectivity index (χ3n) is 1.81. The molecule has 0 atom stereocenters. The fourth-order valence-corrected chi connectivity index (χ4v) is 0.939. The Morgan fingerprint density at radius 2 is 2.19 bits per heavy atom. The summed E-state index contributed by atoms with van der Waals surface area (Å²) in [5, 5.41) is 6.02. The van der Waals surface area contributed by atoms with Crippen LogP contribution in [0.1, 0.15) is 10.5 Å². The molecule has 0 radical (unpaired) electrons. The van der Waals surface area contributed by atoms with Gasteiger partial charge in [0, 0.05) is 13.1 Å². The first kappa shape index (κ1) is 11.9. The first-order valence-corrected chi connectivity index (χ1v) is 4.44. The maximum Gasteiger partial charge on any atom is 0.325 e. The molecular weight excluding hydrogens is 214 g/mol. The van der Waals surface area contributed by atoms with Crippen molar-refractivity contribution in [3.63, 3.8) is 0 Å². The number of carbonyl (C=O) groups is 2. The Labute approximate surface area is 91.0 Å². The van der Waals surface area contributed by atoms with Crippen LogP contribution in [0.4, 0.5) is 0 Å². The van der Waals surface area contributed by atoms with E-state index < -0.39 is 11.9 Å². The highest BCUT2D eigenvalue weighted by Crippen LogP contribution is 1.89. The van der Waals surface area contributed by atoms with Gasteiger partial charge in [0.25, 0.3) is 11.5 Å². The summed E-state index contributed by atoms with van der Waals surface area (Å²) in [6.07, 6.45) is 0. The molecule has 0 spiro atoms. The van der Waals surface area contributed by atoms with E-state index in [-0.39, 0.29) is 17.8 Å². The van der Waals surface area contributed by atoms with Crippen molar-refractivity contribution in [2.45, 2.75) is 0 Å². The van der Waals surface area contributed by atoms with Gasteiger partial charge in [-0.2, -0.15) is 5.10 Å². The summed E-state index contributed by atoms with van der Waals surface area (Å²) in [6, 6.07) is 2.51. The lowest BCUT2D eigenvalue weighted by molar-refractivity contribution is -0.139. The maximum atomic E-state index is 11.4. The van der Waals surface area contributed by atoms with Crippen molar-refractivity contribution >= 4 is 11.9 Å². The van der Waals surface area contributed by atoms with E-state index in [1.165, 1.54) is 26.3 Å². The number of hydrogen-bond acceptors (Lipinski definition) is 5. The van der Waals surface area contributed by atoms with Crippen LogP contribution in [0.15, 0.2) is 16.9 Å². The van der Waals surface area contributed by atoms with Gasteiger partial charge < -0.3 is 10.1 Å². The van der Waals surface area contributed by atoms with Crippen molar-refractivity contribution in [3.05, 3.63) is 28.2 Å². The summed E-state index contributed by atoms with van der Waals surface area (Å²) in [4.78, 5) is 33.2. The second-order valence-electron chi connectivity index (χ2n) is 2.94. The van der Waals surface area contributed by atoms with Crippen molar-refractivity contribution in [1.82, 2.24) is 15.1 Å². The van der Waals surface area contributed by atoms with Gasteiger partial charge in [0.2, 0.25) is 0 Å². The summed E-state index contributed by atoms with van der Waals surface area (Å²) in [7, 11) is 2.65. The predicted molar refractivity (Wildman–Crippen MR) is 53.8 cm³/mol. The summed E-state index contributed by atoms with van der Waals surface area (Å²) in [5.41, 5.74) is -0.254. The van der Waals surface area contributed by atoms with E-state index in [9.17, 15) is 14.4 Å². The van der Waals surface area contributed by atoms with Gasteiger partial charge in [-0.05, 0) is 6.07 Å². The van der Waals surface area contributed by atoms with Gasteiger partial charge in [0.1, 0.15) is 12.2 Å². The minimum atomic E-state index is -0.557. The number of carbonyl (C=O) groups excluding carboxylic acids is 2. The lowest BCUT2D eigenvalue weighted by atomic mass is 10.3. The average molecular weight is 225 g/mol. The third-order valence-corrected chi connectivity index (χ3v) is 1.81. The fraction of sp³-hybridized carbons (Fsp3) is 0.333. The van der Waals surface area contributed by atoms with E-state index in [0.717, 1.165) is 4.68 Å². The van der Waals surface area contributed by atoms with Crippen LogP contribution in [-0.2, 0) is 16.6 Å². The number of rotatable bonds is 3. The van der Waals surface area contributed by atoms with Crippen LogP contribution >= 0.6 is 0 Å². The second kappa shape index (κ2) is 5.06. The van der Waals surface area contributed by atoms with Gasteiger partial charge in [-0.1, -0.05) is 0 Å². The normalized spacial score (nSPS) is 9.62. The van der Waals surface area contributed by atoms with Gasteiger partial charge in [-0.25, -0.2) is 4.68 Å². The molecule has 1 aromatic heterocycles. The molecule has 7 nitrogen and oxygen atoms in total. The molecule has 0 aromatic carbocycles. The molecule has 0 saturated carbocycles. The molecule has 0 aliphatic carbocycles. The van der Waals surface area contributed by atoms with Gasteiger partial charge in [0.05, 0.1) is 7.11 Å². The van der Waals surface area contributed by atoms with E-state index in [1.54, 1.807) is 0 Å². The third kappa shape index (κ3) is 2.91. The van der Waals surface area contributed by atoms with E-state index >= 15 is 0 Å². The SMILES string of the molecule is COC(=O)CNC(=O)c1ccc(=O)n(C)n1. The smallest absolute Gasteiger partial charge is 0.325 e. The standard InChI is InChI=1S/C9H11N3O4/c1-12-7(13)4-3-6(11-12)9(15)10-5-8(14)16-2/h3-4H,5H2,1-2H3,(H,10,15). The van der Waals surface area contributed by atoms with E-state index in [1.807, 2.05) is 0 Å².